The molecule has 0 unspecified atom stereocenters. The first-order valence-electron chi connectivity index (χ1n) is 10.9. The van der Waals surface area contributed by atoms with Crippen LogP contribution in [0.5, 0.6) is 0 Å². The van der Waals surface area contributed by atoms with Gasteiger partial charge in [-0.25, -0.2) is 8.42 Å². The predicted molar refractivity (Wildman–Crippen MR) is 129 cm³/mol. The number of nitro groups is 1. The number of thiazole rings is 1. The van der Waals surface area contributed by atoms with Crippen molar-refractivity contribution in [1.29, 1.82) is 0 Å². The number of nitrogens with zero attached hydrogens (tertiary/aromatic N) is 4. The highest BCUT2D eigenvalue weighted by Crippen LogP contribution is 2.23. The standard InChI is InChI=1S/C22H24N4O7S2/c1-2-32-14-11-25-19-8-5-17(26(28)29)15-20(19)34-22(25)23-21(27)16-3-6-18(7-4-16)35(30,31)24-9-12-33-13-10-24/h3-8,15H,2,9-14H2,1H3. The Hall–Kier alpha value is -2.97. The topological polar surface area (TPSA) is 133 Å². The van der Waals surface area contributed by atoms with Crippen molar-refractivity contribution in [2.75, 3.05) is 39.5 Å². The van der Waals surface area contributed by atoms with E-state index in [1.165, 1.54) is 40.7 Å². The van der Waals surface area contributed by atoms with Gasteiger partial charge in [0.05, 0.1) is 39.9 Å². The van der Waals surface area contributed by atoms with Gasteiger partial charge in [-0.1, -0.05) is 11.3 Å². The lowest BCUT2D eigenvalue weighted by Crippen LogP contribution is -2.40. The fourth-order valence-corrected chi connectivity index (χ4v) is 6.13. The molecule has 11 nitrogen and oxygen atoms in total. The Labute approximate surface area is 205 Å². The number of aromatic nitrogens is 1. The number of non-ortho nitro benzene ring substituents is 1. The van der Waals surface area contributed by atoms with Gasteiger partial charge in [0.25, 0.3) is 11.6 Å². The number of carbonyl (C=O) groups is 1. The van der Waals surface area contributed by atoms with Gasteiger partial charge in [0.2, 0.25) is 10.0 Å². The molecule has 1 amide bonds. The molecule has 2 heterocycles. The third kappa shape index (κ3) is 5.49. The van der Waals surface area contributed by atoms with Crippen LogP contribution >= 0.6 is 11.3 Å². The molecule has 35 heavy (non-hydrogen) atoms. The molecular formula is C22H24N4O7S2. The Kier molecular flexibility index (Phi) is 7.72. The number of nitro benzene ring substituents is 1. The first-order valence-corrected chi connectivity index (χ1v) is 13.2. The van der Waals surface area contributed by atoms with Crippen LogP contribution in [0.25, 0.3) is 10.2 Å². The summed E-state index contributed by atoms with van der Waals surface area (Å²) in [5.41, 5.74) is 0.884. The van der Waals surface area contributed by atoms with E-state index in [9.17, 15) is 23.3 Å². The van der Waals surface area contributed by atoms with E-state index in [0.29, 0.717) is 48.0 Å². The zero-order chi connectivity index (χ0) is 25.0. The molecule has 1 aromatic heterocycles. The Morgan fingerprint density at radius 3 is 2.57 bits per heavy atom. The van der Waals surface area contributed by atoms with Crippen molar-refractivity contribution in [2.45, 2.75) is 18.4 Å². The fraction of sp³-hybridized carbons (Fsp3) is 0.364. The molecule has 0 saturated carbocycles. The summed E-state index contributed by atoms with van der Waals surface area (Å²) in [7, 11) is -3.67. The maximum Gasteiger partial charge on any atom is 0.279 e. The highest BCUT2D eigenvalue weighted by atomic mass is 32.2. The van der Waals surface area contributed by atoms with Crippen LogP contribution in [0.15, 0.2) is 52.4 Å². The van der Waals surface area contributed by atoms with Gasteiger partial charge >= 0.3 is 0 Å². The van der Waals surface area contributed by atoms with E-state index in [1.807, 2.05) is 6.92 Å². The summed E-state index contributed by atoms with van der Waals surface area (Å²) < 4.78 is 40.0. The van der Waals surface area contributed by atoms with Crippen molar-refractivity contribution in [2.24, 2.45) is 4.99 Å². The molecule has 2 aromatic carbocycles. The van der Waals surface area contributed by atoms with Crippen molar-refractivity contribution < 1.29 is 27.6 Å². The van der Waals surface area contributed by atoms with Crippen molar-refractivity contribution in [3.8, 4) is 0 Å². The van der Waals surface area contributed by atoms with Crippen LogP contribution < -0.4 is 4.80 Å². The zero-order valence-electron chi connectivity index (χ0n) is 19.0. The second kappa shape index (κ2) is 10.7. The molecule has 1 saturated heterocycles. The van der Waals surface area contributed by atoms with Gasteiger partial charge < -0.3 is 14.0 Å². The number of morpholine rings is 1. The largest absolute Gasteiger partial charge is 0.380 e. The minimum absolute atomic E-state index is 0.0503. The minimum atomic E-state index is -3.67. The Balaban J connectivity index is 1.65. The summed E-state index contributed by atoms with van der Waals surface area (Å²) in [5, 5.41) is 11.2. The molecule has 3 aromatic rings. The molecule has 0 radical (unpaired) electrons. The van der Waals surface area contributed by atoms with Crippen molar-refractivity contribution in [1.82, 2.24) is 8.87 Å². The summed E-state index contributed by atoms with van der Waals surface area (Å²) in [6, 6.07) is 10.1. The number of carbonyl (C=O) groups excluding carboxylic acids is 1. The fourth-order valence-electron chi connectivity index (χ4n) is 3.63. The molecule has 13 heteroatoms. The van der Waals surface area contributed by atoms with E-state index >= 15 is 0 Å². The molecule has 1 fully saturated rings. The average molecular weight is 521 g/mol. The molecule has 0 N–H and O–H groups in total. The number of rotatable bonds is 8. The molecule has 0 bridgehead atoms. The maximum atomic E-state index is 12.9. The first-order chi connectivity index (χ1) is 16.8. The number of amides is 1. The molecule has 1 aliphatic heterocycles. The number of benzene rings is 2. The number of ether oxygens (including phenoxy) is 2. The van der Waals surface area contributed by atoms with Crippen molar-refractivity contribution in [3.05, 3.63) is 62.9 Å². The van der Waals surface area contributed by atoms with Gasteiger partial charge in [-0.2, -0.15) is 9.30 Å². The van der Waals surface area contributed by atoms with E-state index in [2.05, 4.69) is 4.99 Å². The van der Waals surface area contributed by atoms with E-state index in [-0.39, 0.29) is 29.2 Å². The summed E-state index contributed by atoms with van der Waals surface area (Å²) in [6.07, 6.45) is 0. The van der Waals surface area contributed by atoms with Crippen LogP contribution in [-0.4, -0.2) is 67.6 Å². The lowest BCUT2D eigenvalue weighted by Gasteiger charge is -2.26. The van der Waals surface area contributed by atoms with Gasteiger partial charge in [-0.15, -0.1) is 0 Å². The summed E-state index contributed by atoms with van der Waals surface area (Å²) in [6.45, 7) is 4.45. The van der Waals surface area contributed by atoms with E-state index in [4.69, 9.17) is 9.47 Å². The normalized spacial score (nSPS) is 15.5. The summed E-state index contributed by atoms with van der Waals surface area (Å²) in [4.78, 5) is 28.3. The second-order valence-electron chi connectivity index (χ2n) is 7.60. The van der Waals surface area contributed by atoms with Crippen LogP contribution in [0.4, 0.5) is 5.69 Å². The van der Waals surface area contributed by atoms with Crippen LogP contribution in [-0.2, 0) is 26.0 Å². The number of hydrogen-bond acceptors (Lipinski definition) is 8. The molecule has 0 aliphatic carbocycles. The Bertz CT molecular complexity index is 1410. The zero-order valence-corrected chi connectivity index (χ0v) is 20.6. The lowest BCUT2D eigenvalue weighted by atomic mass is 10.2. The Morgan fingerprint density at radius 1 is 1.20 bits per heavy atom. The molecule has 4 rings (SSSR count). The van der Waals surface area contributed by atoms with Gasteiger partial charge in [-0.3, -0.25) is 14.9 Å². The second-order valence-corrected chi connectivity index (χ2v) is 10.5. The first kappa shape index (κ1) is 25.1. The van der Waals surface area contributed by atoms with Gasteiger partial charge in [0.15, 0.2) is 4.80 Å². The lowest BCUT2D eigenvalue weighted by molar-refractivity contribution is -0.384. The minimum Gasteiger partial charge on any atom is -0.380 e. The summed E-state index contributed by atoms with van der Waals surface area (Å²) >= 11 is 1.16. The van der Waals surface area contributed by atoms with E-state index in [1.54, 1.807) is 10.6 Å². The molecular weight excluding hydrogens is 496 g/mol. The number of sulfonamides is 1. The van der Waals surface area contributed by atoms with Crippen LogP contribution in [0, 0.1) is 10.1 Å². The predicted octanol–water partition coefficient (Wildman–Crippen LogP) is 2.41. The van der Waals surface area contributed by atoms with Crippen molar-refractivity contribution in [3.63, 3.8) is 0 Å². The van der Waals surface area contributed by atoms with Crippen LogP contribution in [0.1, 0.15) is 17.3 Å². The Morgan fingerprint density at radius 2 is 1.91 bits per heavy atom. The summed E-state index contributed by atoms with van der Waals surface area (Å²) in [5.74, 6) is -0.550. The van der Waals surface area contributed by atoms with Gasteiger partial charge in [0, 0.05) is 43.9 Å². The quantitative estimate of drug-likeness (QED) is 0.253. The molecule has 0 atom stereocenters. The maximum absolute atomic E-state index is 12.9. The van der Waals surface area contributed by atoms with Gasteiger partial charge in [0.1, 0.15) is 0 Å². The average Bonchev–Trinajstić information content (AvgIpc) is 3.20. The molecule has 186 valence electrons. The van der Waals surface area contributed by atoms with Crippen molar-refractivity contribution >= 4 is 43.2 Å². The number of fused-ring (bicyclic) bond motifs is 1. The van der Waals surface area contributed by atoms with Crippen LogP contribution in [0.3, 0.4) is 0 Å². The highest BCUT2D eigenvalue weighted by molar-refractivity contribution is 7.89. The SMILES string of the molecule is CCOCCn1c(=NC(=O)c2ccc(S(=O)(=O)N3CCOCC3)cc2)sc2cc([N+](=O)[O-])ccc21. The highest BCUT2D eigenvalue weighted by Gasteiger charge is 2.26. The smallest absolute Gasteiger partial charge is 0.279 e. The van der Waals surface area contributed by atoms with E-state index < -0.39 is 20.9 Å². The number of hydrogen-bond donors (Lipinski definition) is 0. The van der Waals surface area contributed by atoms with E-state index in [0.717, 1.165) is 11.3 Å². The van der Waals surface area contributed by atoms with Crippen LogP contribution in [0.2, 0.25) is 0 Å². The molecule has 0 spiro atoms. The molecule has 1 aliphatic rings. The third-order valence-corrected chi connectivity index (χ3v) is 8.40. The van der Waals surface area contributed by atoms with Gasteiger partial charge in [-0.05, 0) is 37.3 Å². The third-order valence-electron chi connectivity index (χ3n) is 5.45. The monoisotopic (exact) mass is 520 g/mol.